The molecule has 0 spiro atoms. The predicted molar refractivity (Wildman–Crippen MR) is 72.5 cm³/mol. The monoisotopic (exact) mass is 249 g/mol. The van der Waals surface area contributed by atoms with Crippen LogP contribution in [0.25, 0.3) is 0 Å². The molecule has 0 aliphatic carbocycles. The summed E-state index contributed by atoms with van der Waals surface area (Å²) in [6, 6.07) is 10.2. The molecule has 1 aliphatic heterocycles. The summed E-state index contributed by atoms with van der Waals surface area (Å²) in [4.78, 5) is 0. The van der Waals surface area contributed by atoms with Crippen LogP contribution in [0.15, 0.2) is 30.3 Å². The van der Waals surface area contributed by atoms with Gasteiger partial charge >= 0.3 is 0 Å². The minimum atomic E-state index is -0.433. The first-order chi connectivity index (χ1) is 8.57. The maximum absolute atomic E-state index is 10.1. The summed E-state index contributed by atoms with van der Waals surface area (Å²) >= 11 is 0. The molecular weight excluding hydrogens is 226 g/mol. The zero-order valence-corrected chi connectivity index (χ0v) is 11.2. The number of aliphatic hydroxyl groups is 1. The van der Waals surface area contributed by atoms with E-state index in [9.17, 15) is 5.11 Å². The van der Waals surface area contributed by atoms with Gasteiger partial charge in [-0.3, -0.25) is 0 Å². The summed E-state index contributed by atoms with van der Waals surface area (Å²) in [7, 11) is 0. The Morgan fingerprint density at radius 3 is 2.78 bits per heavy atom. The van der Waals surface area contributed by atoms with E-state index < -0.39 is 6.10 Å². The van der Waals surface area contributed by atoms with Gasteiger partial charge in [-0.05, 0) is 32.3 Å². The van der Waals surface area contributed by atoms with E-state index >= 15 is 0 Å². The van der Waals surface area contributed by atoms with Gasteiger partial charge in [-0.25, -0.2) is 0 Å². The van der Waals surface area contributed by atoms with Gasteiger partial charge in [0.2, 0.25) is 0 Å². The molecule has 0 amide bonds. The Morgan fingerprint density at radius 1 is 1.39 bits per heavy atom. The van der Waals surface area contributed by atoms with Crippen molar-refractivity contribution in [2.24, 2.45) is 0 Å². The number of rotatable bonds is 4. The smallest absolute Gasteiger partial charge is 0.0914 e. The topological polar surface area (TPSA) is 41.5 Å². The van der Waals surface area contributed by atoms with Gasteiger partial charge in [-0.1, -0.05) is 30.3 Å². The van der Waals surface area contributed by atoms with E-state index in [-0.39, 0.29) is 5.60 Å². The summed E-state index contributed by atoms with van der Waals surface area (Å²) in [6.45, 7) is 5.64. The maximum Gasteiger partial charge on any atom is 0.0914 e. The van der Waals surface area contributed by atoms with E-state index in [2.05, 4.69) is 19.2 Å². The Bertz CT molecular complexity index is 364. The zero-order chi connectivity index (χ0) is 13.0. The van der Waals surface area contributed by atoms with Crippen LogP contribution in [0.5, 0.6) is 0 Å². The lowest BCUT2D eigenvalue weighted by Gasteiger charge is -2.36. The summed E-state index contributed by atoms with van der Waals surface area (Å²) in [6.07, 6.45) is 1.58. The Balaban J connectivity index is 1.81. The maximum atomic E-state index is 10.1. The standard InChI is InChI=1S/C15H23NO2/c1-15(2)10-13(8-9-18-15)16-11-14(17)12-6-4-3-5-7-12/h3-7,13-14,16-17H,8-11H2,1-2H3. The minimum absolute atomic E-state index is 0.0480. The Hall–Kier alpha value is -0.900. The molecule has 2 unspecified atom stereocenters. The number of nitrogens with one attached hydrogen (secondary N) is 1. The molecule has 1 fully saturated rings. The zero-order valence-electron chi connectivity index (χ0n) is 11.2. The molecule has 3 nitrogen and oxygen atoms in total. The summed E-state index contributed by atoms with van der Waals surface area (Å²) in [5.74, 6) is 0. The molecule has 1 aliphatic rings. The van der Waals surface area contributed by atoms with Gasteiger partial charge in [0.25, 0.3) is 0 Å². The minimum Gasteiger partial charge on any atom is -0.387 e. The van der Waals surface area contributed by atoms with Crippen LogP contribution in [0.4, 0.5) is 0 Å². The molecule has 2 N–H and O–H groups in total. The molecule has 2 rings (SSSR count). The van der Waals surface area contributed by atoms with Crippen LogP contribution in [-0.4, -0.2) is 29.9 Å². The van der Waals surface area contributed by atoms with E-state index in [4.69, 9.17) is 4.74 Å². The largest absolute Gasteiger partial charge is 0.387 e. The molecule has 3 heteroatoms. The van der Waals surface area contributed by atoms with Crippen molar-refractivity contribution in [3.8, 4) is 0 Å². The second kappa shape index (κ2) is 5.83. The molecule has 1 heterocycles. The molecule has 0 bridgehead atoms. The third-order valence-electron chi connectivity index (χ3n) is 3.48. The lowest BCUT2D eigenvalue weighted by Crippen LogP contribution is -2.44. The highest BCUT2D eigenvalue weighted by Gasteiger charge is 2.28. The first-order valence-electron chi connectivity index (χ1n) is 6.67. The van der Waals surface area contributed by atoms with Crippen molar-refractivity contribution in [2.45, 2.75) is 44.4 Å². The highest BCUT2D eigenvalue weighted by Crippen LogP contribution is 2.24. The molecule has 1 aromatic rings. The van der Waals surface area contributed by atoms with Gasteiger partial charge in [0.15, 0.2) is 0 Å². The van der Waals surface area contributed by atoms with Crippen molar-refractivity contribution in [3.63, 3.8) is 0 Å². The Kier molecular flexibility index (Phi) is 4.38. The van der Waals surface area contributed by atoms with Gasteiger partial charge in [0.1, 0.15) is 0 Å². The quantitative estimate of drug-likeness (QED) is 0.860. The van der Waals surface area contributed by atoms with Crippen molar-refractivity contribution in [1.82, 2.24) is 5.32 Å². The van der Waals surface area contributed by atoms with E-state index in [1.54, 1.807) is 0 Å². The van der Waals surface area contributed by atoms with Crippen LogP contribution in [0.2, 0.25) is 0 Å². The summed E-state index contributed by atoms with van der Waals surface area (Å²) in [5, 5.41) is 13.5. The Labute approximate surface area is 109 Å². The van der Waals surface area contributed by atoms with Gasteiger partial charge < -0.3 is 15.2 Å². The Morgan fingerprint density at radius 2 is 2.11 bits per heavy atom. The molecule has 1 saturated heterocycles. The van der Waals surface area contributed by atoms with Gasteiger partial charge in [0.05, 0.1) is 11.7 Å². The number of benzene rings is 1. The fourth-order valence-electron chi connectivity index (χ4n) is 2.48. The first kappa shape index (κ1) is 13.5. The van der Waals surface area contributed by atoms with Crippen LogP contribution in [0.1, 0.15) is 38.4 Å². The number of ether oxygens (including phenoxy) is 1. The highest BCUT2D eigenvalue weighted by molar-refractivity contribution is 5.17. The molecule has 100 valence electrons. The normalized spacial score (nSPS) is 24.7. The van der Waals surface area contributed by atoms with Crippen molar-refractivity contribution in [3.05, 3.63) is 35.9 Å². The third kappa shape index (κ3) is 3.80. The van der Waals surface area contributed by atoms with Crippen LogP contribution in [-0.2, 0) is 4.74 Å². The molecule has 0 aromatic heterocycles. The van der Waals surface area contributed by atoms with Crippen LogP contribution < -0.4 is 5.32 Å². The van der Waals surface area contributed by atoms with Gasteiger partial charge in [-0.2, -0.15) is 0 Å². The molecule has 2 atom stereocenters. The van der Waals surface area contributed by atoms with E-state index in [1.165, 1.54) is 0 Å². The highest BCUT2D eigenvalue weighted by atomic mass is 16.5. The van der Waals surface area contributed by atoms with Crippen molar-refractivity contribution >= 4 is 0 Å². The number of aliphatic hydroxyl groups excluding tert-OH is 1. The van der Waals surface area contributed by atoms with E-state index in [0.29, 0.717) is 12.6 Å². The number of hydrogen-bond donors (Lipinski definition) is 2. The van der Waals surface area contributed by atoms with Gasteiger partial charge in [-0.15, -0.1) is 0 Å². The van der Waals surface area contributed by atoms with Crippen molar-refractivity contribution < 1.29 is 9.84 Å². The molecular formula is C15H23NO2. The summed E-state index contributed by atoms with van der Waals surface area (Å²) < 4.78 is 5.68. The third-order valence-corrected chi connectivity index (χ3v) is 3.48. The SMILES string of the molecule is CC1(C)CC(NCC(O)c2ccccc2)CCO1. The van der Waals surface area contributed by atoms with Crippen LogP contribution >= 0.6 is 0 Å². The van der Waals surface area contributed by atoms with Gasteiger partial charge in [0, 0.05) is 19.2 Å². The molecule has 0 radical (unpaired) electrons. The lowest BCUT2D eigenvalue weighted by molar-refractivity contribution is -0.0638. The average Bonchev–Trinajstić information content (AvgIpc) is 2.36. The van der Waals surface area contributed by atoms with E-state index in [0.717, 1.165) is 25.0 Å². The first-order valence-corrected chi connectivity index (χ1v) is 6.67. The molecule has 1 aromatic carbocycles. The lowest BCUT2D eigenvalue weighted by atomic mass is 9.94. The molecule has 18 heavy (non-hydrogen) atoms. The summed E-state index contributed by atoms with van der Waals surface area (Å²) in [5.41, 5.74) is 0.921. The van der Waals surface area contributed by atoms with E-state index in [1.807, 2.05) is 30.3 Å². The molecule has 0 saturated carbocycles. The average molecular weight is 249 g/mol. The van der Waals surface area contributed by atoms with Crippen molar-refractivity contribution in [2.75, 3.05) is 13.2 Å². The predicted octanol–water partition coefficient (Wildman–Crippen LogP) is 2.27. The second-order valence-corrected chi connectivity index (χ2v) is 5.63. The van der Waals surface area contributed by atoms with Crippen molar-refractivity contribution in [1.29, 1.82) is 0 Å². The van der Waals surface area contributed by atoms with Crippen LogP contribution in [0, 0.1) is 0 Å². The fraction of sp³-hybridized carbons (Fsp3) is 0.600. The van der Waals surface area contributed by atoms with Crippen LogP contribution in [0.3, 0.4) is 0 Å². The fourth-order valence-corrected chi connectivity index (χ4v) is 2.48. The number of hydrogen-bond acceptors (Lipinski definition) is 3. The second-order valence-electron chi connectivity index (χ2n) is 5.63.